The van der Waals surface area contributed by atoms with Crippen molar-refractivity contribution >= 4 is 29.0 Å². The molecule has 5 nitrogen and oxygen atoms in total. The number of hydrogen-bond acceptors (Lipinski definition) is 4. The molecule has 2 rings (SSSR count). The smallest absolute Gasteiger partial charge is 0.274 e. The molecule has 1 aromatic carbocycles. The molecule has 1 heterocycles. The highest BCUT2D eigenvalue weighted by molar-refractivity contribution is 6.31. The van der Waals surface area contributed by atoms with Crippen LogP contribution in [0.25, 0.3) is 0 Å². The Bertz CT molecular complexity index is 688. The topological polar surface area (TPSA) is 66.9 Å². The summed E-state index contributed by atoms with van der Waals surface area (Å²) in [6.45, 7) is 6.99. The van der Waals surface area contributed by atoms with Crippen molar-refractivity contribution in [3.05, 3.63) is 46.9 Å². The number of carbonyl (C=O) groups excluding carboxylic acids is 1. The maximum absolute atomic E-state index is 12.3. The van der Waals surface area contributed by atoms with Crippen LogP contribution in [-0.2, 0) is 0 Å². The van der Waals surface area contributed by atoms with Crippen LogP contribution in [0.4, 0.5) is 11.5 Å². The van der Waals surface area contributed by atoms with E-state index in [4.69, 9.17) is 11.6 Å². The number of amides is 1. The fourth-order valence-electron chi connectivity index (χ4n) is 2.00. The van der Waals surface area contributed by atoms with Crippen molar-refractivity contribution in [2.45, 2.75) is 27.2 Å². The third-order valence-electron chi connectivity index (χ3n) is 3.44. The van der Waals surface area contributed by atoms with Gasteiger partial charge in [0.1, 0.15) is 17.8 Å². The summed E-state index contributed by atoms with van der Waals surface area (Å²) in [5.74, 6) is 0.969. The van der Waals surface area contributed by atoms with Crippen LogP contribution in [0.15, 0.2) is 30.6 Å². The SMILES string of the molecule is Cc1c(Cl)cccc1NC(=O)c1cc(NCCC(C)C)ncn1. The highest BCUT2D eigenvalue weighted by atomic mass is 35.5. The van der Waals surface area contributed by atoms with E-state index in [1.807, 2.05) is 13.0 Å². The lowest BCUT2D eigenvalue weighted by Gasteiger charge is -2.10. The third kappa shape index (κ3) is 4.93. The van der Waals surface area contributed by atoms with Crippen LogP contribution in [0.5, 0.6) is 0 Å². The zero-order valence-corrected chi connectivity index (χ0v) is 14.3. The van der Waals surface area contributed by atoms with Gasteiger partial charge in [-0.25, -0.2) is 9.97 Å². The summed E-state index contributed by atoms with van der Waals surface area (Å²) in [5.41, 5.74) is 1.81. The molecule has 0 atom stereocenters. The number of carbonyl (C=O) groups is 1. The van der Waals surface area contributed by atoms with Gasteiger partial charge in [0.25, 0.3) is 5.91 Å². The Morgan fingerprint density at radius 2 is 2.09 bits per heavy atom. The Labute approximate surface area is 141 Å². The van der Waals surface area contributed by atoms with Crippen molar-refractivity contribution in [1.29, 1.82) is 0 Å². The number of halogens is 1. The highest BCUT2D eigenvalue weighted by Crippen LogP contribution is 2.23. The second-order valence-corrected chi connectivity index (χ2v) is 6.17. The molecule has 2 aromatic rings. The number of anilines is 2. The molecular formula is C17H21ClN4O. The van der Waals surface area contributed by atoms with Gasteiger partial charge in [0, 0.05) is 23.3 Å². The van der Waals surface area contributed by atoms with Crippen molar-refractivity contribution < 1.29 is 4.79 Å². The van der Waals surface area contributed by atoms with E-state index in [-0.39, 0.29) is 5.91 Å². The van der Waals surface area contributed by atoms with Gasteiger partial charge in [-0.3, -0.25) is 4.79 Å². The molecule has 0 radical (unpaired) electrons. The molecular weight excluding hydrogens is 312 g/mol. The fourth-order valence-corrected chi connectivity index (χ4v) is 2.17. The van der Waals surface area contributed by atoms with E-state index in [9.17, 15) is 4.79 Å². The molecule has 6 heteroatoms. The number of hydrogen-bond donors (Lipinski definition) is 2. The summed E-state index contributed by atoms with van der Waals surface area (Å²) in [4.78, 5) is 20.5. The second kappa shape index (κ2) is 7.92. The zero-order chi connectivity index (χ0) is 16.8. The van der Waals surface area contributed by atoms with Crippen molar-refractivity contribution in [3.63, 3.8) is 0 Å². The monoisotopic (exact) mass is 332 g/mol. The van der Waals surface area contributed by atoms with Crippen LogP contribution in [0.2, 0.25) is 5.02 Å². The first kappa shape index (κ1) is 17.2. The van der Waals surface area contributed by atoms with Crippen molar-refractivity contribution in [2.75, 3.05) is 17.2 Å². The molecule has 0 aliphatic carbocycles. The van der Waals surface area contributed by atoms with Gasteiger partial charge in [0.2, 0.25) is 0 Å². The summed E-state index contributed by atoms with van der Waals surface area (Å²) in [5, 5.41) is 6.64. The van der Waals surface area contributed by atoms with E-state index in [2.05, 4.69) is 34.4 Å². The van der Waals surface area contributed by atoms with E-state index >= 15 is 0 Å². The lowest BCUT2D eigenvalue weighted by atomic mass is 10.1. The van der Waals surface area contributed by atoms with Crippen LogP contribution >= 0.6 is 11.6 Å². The maximum atomic E-state index is 12.3. The molecule has 0 unspecified atom stereocenters. The minimum atomic E-state index is -0.287. The summed E-state index contributed by atoms with van der Waals surface area (Å²) >= 11 is 6.06. The van der Waals surface area contributed by atoms with Gasteiger partial charge in [-0.15, -0.1) is 0 Å². The van der Waals surface area contributed by atoms with Crippen molar-refractivity contribution in [1.82, 2.24) is 9.97 Å². The number of nitrogens with one attached hydrogen (secondary N) is 2. The minimum absolute atomic E-state index is 0.287. The Balaban J connectivity index is 2.06. The molecule has 0 spiro atoms. The number of rotatable bonds is 6. The molecule has 0 bridgehead atoms. The average Bonchev–Trinajstić information content (AvgIpc) is 2.52. The van der Waals surface area contributed by atoms with Gasteiger partial charge >= 0.3 is 0 Å². The fraction of sp³-hybridized carbons (Fsp3) is 0.353. The molecule has 0 fully saturated rings. The average molecular weight is 333 g/mol. The second-order valence-electron chi connectivity index (χ2n) is 5.76. The first-order chi connectivity index (χ1) is 11.0. The molecule has 122 valence electrons. The number of aromatic nitrogens is 2. The molecule has 1 amide bonds. The quantitative estimate of drug-likeness (QED) is 0.834. The molecule has 0 saturated heterocycles. The van der Waals surface area contributed by atoms with Crippen molar-refractivity contribution in [2.24, 2.45) is 5.92 Å². The van der Waals surface area contributed by atoms with Crippen LogP contribution in [-0.4, -0.2) is 22.4 Å². The van der Waals surface area contributed by atoms with Gasteiger partial charge < -0.3 is 10.6 Å². The minimum Gasteiger partial charge on any atom is -0.370 e. The lowest BCUT2D eigenvalue weighted by Crippen LogP contribution is -2.15. The van der Waals surface area contributed by atoms with Gasteiger partial charge in [0.15, 0.2) is 0 Å². The standard InChI is InChI=1S/C17H21ClN4O/c1-11(2)7-8-19-16-9-15(20-10-21-16)17(23)22-14-6-4-5-13(18)12(14)3/h4-6,9-11H,7-8H2,1-3H3,(H,22,23)(H,19,20,21). The molecule has 0 aliphatic heterocycles. The predicted molar refractivity (Wildman–Crippen MR) is 94.1 cm³/mol. The summed E-state index contributed by atoms with van der Waals surface area (Å²) in [6.07, 6.45) is 2.42. The maximum Gasteiger partial charge on any atom is 0.274 e. The van der Waals surface area contributed by atoms with E-state index in [1.54, 1.807) is 18.2 Å². The number of nitrogens with zero attached hydrogens (tertiary/aromatic N) is 2. The largest absolute Gasteiger partial charge is 0.370 e. The normalized spacial score (nSPS) is 10.7. The predicted octanol–water partition coefficient (Wildman–Crippen LogP) is 4.15. The van der Waals surface area contributed by atoms with E-state index < -0.39 is 0 Å². The Morgan fingerprint density at radius 1 is 1.30 bits per heavy atom. The molecule has 23 heavy (non-hydrogen) atoms. The Kier molecular flexibility index (Phi) is 5.93. The van der Waals surface area contributed by atoms with Crippen LogP contribution in [0.1, 0.15) is 36.3 Å². The van der Waals surface area contributed by atoms with Gasteiger partial charge in [-0.1, -0.05) is 31.5 Å². The van der Waals surface area contributed by atoms with Crippen LogP contribution in [0, 0.1) is 12.8 Å². The number of benzene rings is 1. The Morgan fingerprint density at radius 3 is 2.83 bits per heavy atom. The molecule has 1 aromatic heterocycles. The van der Waals surface area contributed by atoms with E-state index in [0.717, 1.165) is 18.5 Å². The molecule has 0 saturated carbocycles. The molecule has 2 N–H and O–H groups in total. The van der Waals surface area contributed by atoms with Gasteiger partial charge in [-0.2, -0.15) is 0 Å². The van der Waals surface area contributed by atoms with Crippen LogP contribution in [0.3, 0.4) is 0 Å². The first-order valence-electron chi connectivity index (χ1n) is 7.59. The van der Waals surface area contributed by atoms with E-state index in [0.29, 0.717) is 28.1 Å². The summed E-state index contributed by atoms with van der Waals surface area (Å²) < 4.78 is 0. The highest BCUT2D eigenvalue weighted by Gasteiger charge is 2.11. The van der Waals surface area contributed by atoms with Gasteiger partial charge in [-0.05, 0) is 37.0 Å². The Hall–Kier alpha value is -2.14. The van der Waals surface area contributed by atoms with Crippen LogP contribution < -0.4 is 10.6 Å². The first-order valence-corrected chi connectivity index (χ1v) is 7.97. The zero-order valence-electron chi connectivity index (χ0n) is 13.6. The summed E-state index contributed by atoms with van der Waals surface area (Å²) in [6, 6.07) is 7.04. The van der Waals surface area contributed by atoms with E-state index in [1.165, 1.54) is 6.33 Å². The summed E-state index contributed by atoms with van der Waals surface area (Å²) in [7, 11) is 0. The molecule has 0 aliphatic rings. The third-order valence-corrected chi connectivity index (χ3v) is 3.85. The lowest BCUT2D eigenvalue weighted by molar-refractivity contribution is 0.102. The van der Waals surface area contributed by atoms with Crippen molar-refractivity contribution in [3.8, 4) is 0 Å². The van der Waals surface area contributed by atoms with Gasteiger partial charge in [0.05, 0.1) is 0 Å².